The monoisotopic (exact) mass is 529 g/mol. The van der Waals surface area contributed by atoms with Gasteiger partial charge in [-0.2, -0.15) is 0 Å². The summed E-state index contributed by atoms with van der Waals surface area (Å²) in [7, 11) is 2.11. The van der Waals surface area contributed by atoms with E-state index in [0.717, 1.165) is 48.7 Å². The molecular weight excluding hydrogens is 498 g/mol. The Labute approximate surface area is 228 Å². The quantitative estimate of drug-likeness (QED) is 0.427. The van der Waals surface area contributed by atoms with E-state index in [2.05, 4.69) is 27.5 Å². The molecule has 0 unspecified atom stereocenters. The molecule has 0 spiro atoms. The van der Waals surface area contributed by atoms with E-state index in [4.69, 9.17) is 11.6 Å². The van der Waals surface area contributed by atoms with Gasteiger partial charge in [-0.3, -0.25) is 14.5 Å². The van der Waals surface area contributed by atoms with Gasteiger partial charge in [-0.1, -0.05) is 48.0 Å². The van der Waals surface area contributed by atoms with Gasteiger partial charge in [0, 0.05) is 54.7 Å². The maximum Gasteiger partial charge on any atom is 0.258 e. The van der Waals surface area contributed by atoms with Crippen molar-refractivity contribution in [3.63, 3.8) is 0 Å². The fourth-order valence-electron chi connectivity index (χ4n) is 4.93. The Morgan fingerprint density at radius 1 is 1.00 bits per heavy atom. The van der Waals surface area contributed by atoms with Crippen LogP contribution in [-0.4, -0.2) is 67.9 Å². The van der Waals surface area contributed by atoms with Gasteiger partial charge in [0.15, 0.2) is 0 Å². The van der Waals surface area contributed by atoms with E-state index < -0.39 is 0 Å². The topological polar surface area (TPSA) is 67.9 Å². The highest BCUT2D eigenvalue weighted by molar-refractivity contribution is 6.38. The van der Waals surface area contributed by atoms with Crippen LogP contribution in [-0.2, 0) is 9.59 Å². The minimum absolute atomic E-state index is 0.0998. The number of benzene rings is 3. The maximum atomic E-state index is 13.1. The molecule has 0 atom stereocenters. The number of nitrogens with zero attached hydrogens (tertiary/aromatic N) is 3. The number of piperazine rings is 1. The van der Waals surface area contributed by atoms with E-state index in [1.165, 1.54) is 0 Å². The van der Waals surface area contributed by atoms with Gasteiger partial charge in [-0.15, -0.1) is 0 Å². The van der Waals surface area contributed by atoms with Crippen LogP contribution in [0, 0.1) is 0 Å². The van der Waals surface area contributed by atoms with Crippen molar-refractivity contribution in [2.75, 3.05) is 61.8 Å². The molecule has 38 heavy (non-hydrogen) atoms. The lowest BCUT2D eigenvalue weighted by molar-refractivity contribution is -0.120. The summed E-state index contributed by atoms with van der Waals surface area (Å²) in [5, 5.41) is 6.98. The number of hydrogen-bond donors (Lipinski definition) is 2. The van der Waals surface area contributed by atoms with Crippen molar-refractivity contribution in [3.05, 3.63) is 88.9 Å². The van der Waals surface area contributed by atoms with Crippen molar-refractivity contribution in [1.29, 1.82) is 0 Å². The molecule has 7 nitrogen and oxygen atoms in total. The number of hydrogen-bond acceptors (Lipinski definition) is 5. The van der Waals surface area contributed by atoms with E-state index in [-0.39, 0.29) is 11.8 Å². The molecule has 0 saturated carbocycles. The summed E-state index contributed by atoms with van der Waals surface area (Å²) in [4.78, 5) is 32.5. The first-order valence-electron chi connectivity index (χ1n) is 12.9. The number of amides is 2. The van der Waals surface area contributed by atoms with E-state index >= 15 is 0 Å². The van der Waals surface area contributed by atoms with E-state index in [1.807, 2.05) is 72.5 Å². The lowest BCUT2D eigenvalue weighted by Gasteiger charge is -2.33. The van der Waals surface area contributed by atoms with E-state index in [1.54, 1.807) is 12.1 Å². The molecule has 1 saturated heterocycles. The number of halogens is 1. The molecule has 2 aliphatic heterocycles. The average Bonchev–Trinajstić information content (AvgIpc) is 3.24. The van der Waals surface area contributed by atoms with Gasteiger partial charge in [0.1, 0.15) is 0 Å². The Balaban J connectivity index is 1.40. The Bertz CT molecular complexity index is 1350. The van der Waals surface area contributed by atoms with Crippen molar-refractivity contribution < 1.29 is 9.59 Å². The molecule has 0 radical (unpaired) electrons. The van der Waals surface area contributed by atoms with Crippen molar-refractivity contribution in [1.82, 2.24) is 9.80 Å². The minimum atomic E-state index is -0.183. The molecule has 196 valence electrons. The third kappa shape index (κ3) is 5.60. The first-order chi connectivity index (χ1) is 18.4. The summed E-state index contributed by atoms with van der Waals surface area (Å²) < 4.78 is 0. The van der Waals surface area contributed by atoms with Crippen LogP contribution in [0.3, 0.4) is 0 Å². The van der Waals surface area contributed by atoms with Crippen molar-refractivity contribution in [2.24, 2.45) is 0 Å². The minimum Gasteiger partial charge on any atom is -0.354 e. The number of nitrogens with one attached hydrogen (secondary N) is 2. The van der Waals surface area contributed by atoms with Gasteiger partial charge in [-0.05, 0) is 55.9 Å². The second-order valence-corrected chi connectivity index (χ2v) is 10.1. The summed E-state index contributed by atoms with van der Waals surface area (Å²) in [5.41, 5.74) is 5.32. The molecule has 0 aliphatic carbocycles. The fraction of sp³-hybridized carbons (Fsp3) is 0.267. The standard InChI is InChI=1S/C30H32ClN5O2/c1-3-36(27(37)20-35-17-15-34(2)16-18-35)24-12-10-23(11-13-24)32-29(21-7-5-4-6-8-21)28-25-14-9-22(31)19-26(25)33-30(28)38/h4-14,19,32H,3,15-18,20H2,1-2H3,(H,33,38). The average molecular weight is 530 g/mol. The highest BCUT2D eigenvalue weighted by atomic mass is 35.5. The molecule has 2 amide bonds. The molecule has 2 heterocycles. The second-order valence-electron chi connectivity index (χ2n) is 9.65. The number of anilines is 3. The van der Waals surface area contributed by atoms with Crippen molar-refractivity contribution in [3.8, 4) is 0 Å². The van der Waals surface area contributed by atoms with Gasteiger partial charge < -0.3 is 20.4 Å². The number of carbonyl (C=O) groups is 2. The van der Waals surface area contributed by atoms with Crippen LogP contribution in [0.15, 0.2) is 72.8 Å². The first kappa shape index (κ1) is 26.0. The normalized spacial score (nSPS) is 17.1. The predicted octanol–water partition coefficient (Wildman–Crippen LogP) is 4.87. The van der Waals surface area contributed by atoms with Crippen LogP contribution < -0.4 is 15.5 Å². The van der Waals surface area contributed by atoms with Crippen molar-refractivity contribution in [2.45, 2.75) is 6.92 Å². The van der Waals surface area contributed by atoms with Gasteiger partial charge >= 0.3 is 0 Å². The molecule has 3 aromatic carbocycles. The van der Waals surface area contributed by atoms with Gasteiger partial charge in [-0.25, -0.2) is 0 Å². The molecule has 0 aromatic heterocycles. The van der Waals surface area contributed by atoms with Gasteiger partial charge in [0.05, 0.1) is 23.5 Å². The fourth-order valence-corrected chi connectivity index (χ4v) is 5.10. The lowest BCUT2D eigenvalue weighted by Crippen LogP contribution is -2.49. The summed E-state index contributed by atoms with van der Waals surface area (Å²) in [5.74, 6) is -0.0837. The molecule has 8 heteroatoms. The zero-order valence-corrected chi connectivity index (χ0v) is 22.5. The largest absolute Gasteiger partial charge is 0.354 e. The first-order valence-corrected chi connectivity index (χ1v) is 13.3. The molecule has 5 rings (SSSR count). The summed E-state index contributed by atoms with van der Waals surface area (Å²) in [6.07, 6.45) is 0. The SMILES string of the molecule is CCN(C(=O)CN1CCN(C)CC1)c1ccc(NC(=C2C(=O)Nc3cc(Cl)ccc32)c2ccccc2)cc1. The Morgan fingerprint density at radius 2 is 1.71 bits per heavy atom. The predicted molar refractivity (Wildman–Crippen MR) is 155 cm³/mol. The van der Waals surface area contributed by atoms with Crippen LogP contribution in [0.25, 0.3) is 11.3 Å². The van der Waals surface area contributed by atoms with Crippen LogP contribution >= 0.6 is 11.6 Å². The highest BCUT2D eigenvalue weighted by Gasteiger charge is 2.28. The number of likely N-dealkylation sites (N-methyl/N-ethyl adjacent to an activating group) is 2. The third-order valence-electron chi connectivity index (χ3n) is 7.06. The number of rotatable bonds is 7. The number of fused-ring (bicyclic) bond motifs is 1. The summed E-state index contributed by atoms with van der Waals surface area (Å²) in [6.45, 7) is 6.78. The van der Waals surface area contributed by atoms with Gasteiger partial charge in [0.2, 0.25) is 5.91 Å². The smallest absolute Gasteiger partial charge is 0.258 e. The molecule has 2 N–H and O–H groups in total. The Hall–Kier alpha value is -3.65. The zero-order chi connectivity index (χ0) is 26.6. The second kappa shape index (κ2) is 11.4. The van der Waals surface area contributed by atoms with Crippen molar-refractivity contribution >= 4 is 51.7 Å². The van der Waals surface area contributed by atoms with Gasteiger partial charge in [0.25, 0.3) is 5.91 Å². The van der Waals surface area contributed by atoms with E-state index in [9.17, 15) is 9.59 Å². The number of carbonyl (C=O) groups excluding carboxylic acids is 2. The van der Waals surface area contributed by atoms with E-state index in [0.29, 0.717) is 35.1 Å². The molecule has 3 aromatic rings. The Kier molecular flexibility index (Phi) is 7.79. The molecule has 2 aliphatic rings. The molecule has 1 fully saturated rings. The maximum absolute atomic E-state index is 13.1. The molecule has 0 bridgehead atoms. The van der Waals surface area contributed by atoms with Crippen LogP contribution in [0.4, 0.5) is 17.1 Å². The van der Waals surface area contributed by atoms with Crippen LogP contribution in [0.1, 0.15) is 18.1 Å². The lowest BCUT2D eigenvalue weighted by atomic mass is 10.00. The summed E-state index contributed by atoms with van der Waals surface area (Å²) >= 11 is 6.16. The highest BCUT2D eigenvalue weighted by Crippen LogP contribution is 2.38. The third-order valence-corrected chi connectivity index (χ3v) is 7.29. The Morgan fingerprint density at radius 3 is 2.39 bits per heavy atom. The van der Waals surface area contributed by atoms with Crippen LogP contribution in [0.2, 0.25) is 5.02 Å². The summed E-state index contributed by atoms with van der Waals surface area (Å²) in [6, 6.07) is 23.0. The molecular formula is C30H32ClN5O2. The zero-order valence-electron chi connectivity index (χ0n) is 21.7. The van der Waals surface area contributed by atoms with Crippen LogP contribution in [0.5, 0.6) is 0 Å².